The molecule has 0 unspecified atom stereocenters. The Morgan fingerprint density at radius 1 is 1.23 bits per heavy atom. The van der Waals surface area contributed by atoms with Gasteiger partial charge in [0.05, 0.1) is 18.3 Å². The summed E-state index contributed by atoms with van der Waals surface area (Å²) >= 11 is 6.16. The van der Waals surface area contributed by atoms with E-state index in [9.17, 15) is 4.79 Å². The Morgan fingerprint density at radius 3 is 2.73 bits per heavy atom. The van der Waals surface area contributed by atoms with Crippen molar-refractivity contribution in [1.29, 1.82) is 0 Å². The van der Waals surface area contributed by atoms with Crippen molar-refractivity contribution < 1.29 is 9.53 Å². The second kappa shape index (κ2) is 8.85. The second-order valence-corrected chi connectivity index (χ2v) is 6.82. The van der Waals surface area contributed by atoms with Crippen molar-refractivity contribution in [3.63, 3.8) is 0 Å². The summed E-state index contributed by atoms with van der Waals surface area (Å²) in [7, 11) is 1.61. The van der Waals surface area contributed by atoms with E-state index < -0.39 is 0 Å². The Labute approximate surface area is 158 Å². The van der Waals surface area contributed by atoms with E-state index in [1.54, 1.807) is 7.11 Å². The minimum absolute atomic E-state index is 0.186. The zero-order valence-corrected chi connectivity index (χ0v) is 15.6. The molecule has 0 spiro atoms. The van der Waals surface area contributed by atoms with Crippen LogP contribution in [0.3, 0.4) is 0 Å². The molecule has 0 atom stereocenters. The number of carbonyl (C=O) groups excluding carboxylic acids is 1. The van der Waals surface area contributed by atoms with Gasteiger partial charge < -0.3 is 15.4 Å². The van der Waals surface area contributed by atoms with E-state index >= 15 is 0 Å². The molecular formula is C19H23ClN4O2. The number of benzene rings is 1. The average Bonchev–Trinajstić information content (AvgIpc) is 2.92. The van der Waals surface area contributed by atoms with Crippen LogP contribution in [0.15, 0.2) is 30.5 Å². The summed E-state index contributed by atoms with van der Waals surface area (Å²) in [5.74, 6) is 0.780. The maximum absolute atomic E-state index is 12.6. The second-order valence-electron chi connectivity index (χ2n) is 6.41. The molecule has 3 rings (SSSR count). The fraction of sp³-hybridized carbons (Fsp3) is 0.421. The topological polar surface area (TPSA) is 76.1 Å². The van der Waals surface area contributed by atoms with Gasteiger partial charge in [0.1, 0.15) is 5.75 Å². The minimum atomic E-state index is -0.252. The Kier molecular flexibility index (Phi) is 6.28. The van der Waals surface area contributed by atoms with Crippen LogP contribution in [0.2, 0.25) is 5.02 Å². The van der Waals surface area contributed by atoms with Gasteiger partial charge in [0, 0.05) is 17.8 Å². The van der Waals surface area contributed by atoms with Gasteiger partial charge in [-0.25, -0.2) is 9.97 Å². The highest BCUT2D eigenvalue weighted by atomic mass is 35.5. The first-order chi connectivity index (χ1) is 12.7. The lowest BCUT2D eigenvalue weighted by Gasteiger charge is -2.16. The highest BCUT2D eigenvalue weighted by Crippen LogP contribution is 2.22. The van der Waals surface area contributed by atoms with Gasteiger partial charge in [0.2, 0.25) is 5.95 Å². The lowest BCUT2D eigenvalue weighted by atomic mass is 10.1. The van der Waals surface area contributed by atoms with Gasteiger partial charge in [-0.3, -0.25) is 4.79 Å². The van der Waals surface area contributed by atoms with Crippen LogP contribution in [-0.2, 0) is 0 Å². The maximum Gasteiger partial charge on any atom is 0.271 e. The van der Waals surface area contributed by atoms with Crippen molar-refractivity contribution in [2.24, 2.45) is 0 Å². The third-order valence-electron chi connectivity index (χ3n) is 4.48. The van der Waals surface area contributed by atoms with Crippen molar-refractivity contribution in [1.82, 2.24) is 15.3 Å². The predicted octanol–water partition coefficient (Wildman–Crippen LogP) is 4.33. The first-order valence-electron chi connectivity index (χ1n) is 8.90. The van der Waals surface area contributed by atoms with Crippen LogP contribution in [0.4, 0.5) is 11.6 Å². The van der Waals surface area contributed by atoms with Crippen LogP contribution in [-0.4, -0.2) is 29.0 Å². The van der Waals surface area contributed by atoms with E-state index in [4.69, 9.17) is 16.3 Å². The number of anilines is 2. The van der Waals surface area contributed by atoms with Crippen LogP contribution in [0.5, 0.6) is 5.75 Å². The van der Waals surface area contributed by atoms with E-state index in [2.05, 4.69) is 20.6 Å². The Bertz CT molecular complexity index is 761. The molecular weight excluding hydrogens is 352 g/mol. The van der Waals surface area contributed by atoms with E-state index in [1.165, 1.54) is 19.0 Å². The Hall–Kier alpha value is -2.34. The SMILES string of the molecule is COc1cccc(Nc2ncc(Cl)c(C(=O)NC3CCCCCC3)n2)c1. The number of hydrogen-bond acceptors (Lipinski definition) is 5. The van der Waals surface area contributed by atoms with Gasteiger partial charge in [0.15, 0.2) is 5.69 Å². The van der Waals surface area contributed by atoms with E-state index in [-0.39, 0.29) is 22.7 Å². The van der Waals surface area contributed by atoms with Crippen molar-refractivity contribution in [3.8, 4) is 5.75 Å². The standard InChI is InChI=1S/C19H23ClN4O2/c1-26-15-10-6-9-14(11-15)23-19-21-12-16(20)17(24-19)18(25)22-13-7-4-2-3-5-8-13/h6,9-13H,2-5,7-8H2,1H3,(H,22,25)(H,21,23,24). The quantitative estimate of drug-likeness (QED) is 0.761. The van der Waals surface area contributed by atoms with Crippen LogP contribution in [0.1, 0.15) is 49.0 Å². The molecule has 26 heavy (non-hydrogen) atoms. The number of nitrogens with one attached hydrogen (secondary N) is 2. The largest absolute Gasteiger partial charge is 0.497 e. The molecule has 2 N–H and O–H groups in total. The summed E-state index contributed by atoms with van der Waals surface area (Å²) in [6.45, 7) is 0. The third kappa shape index (κ3) is 4.85. The molecule has 1 fully saturated rings. The van der Waals surface area contributed by atoms with E-state index in [0.29, 0.717) is 5.95 Å². The van der Waals surface area contributed by atoms with E-state index in [1.807, 2.05) is 24.3 Å². The smallest absolute Gasteiger partial charge is 0.271 e. The first kappa shape index (κ1) is 18.5. The van der Waals surface area contributed by atoms with Gasteiger partial charge in [-0.15, -0.1) is 0 Å². The molecule has 1 aromatic carbocycles. The summed E-state index contributed by atoms with van der Waals surface area (Å²) in [6.07, 6.45) is 8.20. The maximum atomic E-state index is 12.6. The van der Waals surface area contributed by atoms with Crippen LogP contribution in [0, 0.1) is 0 Å². The van der Waals surface area contributed by atoms with Crippen molar-refractivity contribution >= 4 is 29.1 Å². The Balaban J connectivity index is 1.73. The Morgan fingerprint density at radius 2 is 2.00 bits per heavy atom. The predicted molar refractivity (Wildman–Crippen MR) is 102 cm³/mol. The number of methoxy groups -OCH3 is 1. The fourth-order valence-corrected chi connectivity index (χ4v) is 3.27. The van der Waals surface area contributed by atoms with Gasteiger partial charge in [-0.05, 0) is 25.0 Å². The molecule has 1 aliphatic rings. The number of aromatic nitrogens is 2. The molecule has 138 valence electrons. The average molecular weight is 375 g/mol. The molecule has 0 saturated heterocycles. The number of nitrogens with zero attached hydrogens (tertiary/aromatic N) is 2. The van der Waals surface area contributed by atoms with E-state index in [0.717, 1.165) is 37.1 Å². The van der Waals surface area contributed by atoms with Crippen molar-refractivity contribution in [3.05, 3.63) is 41.2 Å². The zero-order valence-electron chi connectivity index (χ0n) is 14.8. The molecule has 1 heterocycles. The molecule has 1 amide bonds. The van der Waals surface area contributed by atoms with Gasteiger partial charge in [0.25, 0.3) is 5.91 Å². The lowest BCUT2D eigenvalue weighted by Crippen LogP contribution is -2.35. The molecule has 1 aliphatic carbocycles. The monoisotopic (exact) mass is 374 g/mol. The summed E-state index contributed by atoms with van der Waals surface area (Å²) in [6, 6.07) is 7.58. The third-order valence-corrected chi connectivity index (χ3v) is 4.75. The van der Waals surface area contributed by atoms with Gasteiger partial charge >= 0.3 is 0 Å². The number of amides is 1. The zero-order chi connectivity index (χ0) is 18.4. The lowest BCUT2D eigenvalue weighted by molar-refractivity contribution is 0.0928. The first-order valence-corrected chi connectivity index (χ1v) is 9.28. The molecule has 0 bridgehead atoms. The molecule has 2 aromatic rings. The van der Waals surface area contributed by atoms with Crippen LogP contribution in [0.25, 0.3) is 0 Å². The highest BCUT2D eigenvalue weighted by molar-refractivity contribution is 6.33. The summed E-state index contributed by atoms with van der Waals surface area (Å²) in [5, 5.41) is 6.38. The van der Waals surface area contributed by atoms with Gasteiger partial charge in [-0.2, -0.15) is 0 Å². The number of hydrogen-bond donors (Lipinski definition) is 2. The molecule has 6 nitrogen and oxygen atoms in total. The number of rotatable bonds is 5. The van der Waals surface area contributed by atoms with Crippen molar-refractivity contribution in [2.45, 2.75) is 44.6 Å². The van der Waals surface area contributed by atoms with Crippen molar-refractivity contribution in [2.75, 3.05) is 12.4 Å². The molecule has 1 saturated carbocycles. The number of ether oxygens (including phenoxy) is 1. The number of halogens is 1. The molecule has 7 heteroatoms. The molecule has 0 radical (unpaired) electrons. The molecule has 1 aromatic heterocycles. The van der Waals surface area contributed by atoms with Crippen LogP contribution >= 0.6 is 11.6 Å². The minimum Gasteiger partial charge on any atom is -0.497 e. The van der Waals surface area contributed by atoms with Gasteiger partial charge in [-0.1, -0.05) is 43.4 Å². The summed E-state index contributed by atoms with van der Waals surface area (Å²) < 4.78 is 5.20. The summed E-state index contributed by atoms with van der Waals surface area (Å²) in [4.78, 5) is 21.1. The normalized spacial score (nSPS) is 15.2. The number of carbonyl (C=O) groups is 1. The molecule has 0 aliphatic heterocycles. The summed E-state index contributed by atoms with van der Waals surface area (Å²) in [5.41, 5.74) is 0.957. The fourth-order valence-electron chi connectivity index (χ4n) is 3.09. The highest BCUT2D eigenvalue weighted by Gasteiger charge is 2.19. The van der Waals surface area contributed by atoms with Crippen LogP contribution < -0.4 is 15.4 Å².